The van der Waals surface area contributed by atoms with E-state index in [1.165, 1.54) is 33.4 Å². The van der Waals surface area contributed by atoms with E-state index < -0.39 is 17.4 Å². The largest absolute Gasteiger partial charge is 1.00 e. The van der Waals surface area contributed by atoms with Crippen LogP contribution in [0.25, 0.3) is 22.3 Å². The third kappa shape index (κ3) is 5.21. The van der Waals surface area contributed by atoms with E-state index in [0.29, 0.717) is 0 Å². The van der Waals surface area contributed by atoms with Crippen LogP contribution < -0.4 is 28.7 Å². The Labute approximate surface area is 212 Å². The van der Waals surface area contributed by atoms with Gasteiger partial charge in [-0.2, -0.15) is 0 Å². The molecule has 0 bridgehead atoms. The van der Waals surface area contributed by atoms with Crippen molar-refractivity contribution >= 4 is 7.68 Å². The molecule has 0 N–H and O–H groups in total. The fourth-order valence-corrected chi connectivity index (χ4v) is 9.38. The van der Waals surface area contributed by atoms with E-state index in [1.54, 1.807) is 11.6 Å². The number of allylic oxidation sites excluding steroid dienone is 4. The van der Waals surface area contributed by atoms with Gasteiger partial charge in [-0.3, -0.25) is 0 Å². The first kappa shape index (κ1) is 26.8. The topological polar surface area (TPSA) is 0 Å². The molecule has 166 valence electrons. The fourth-order valence-electron chi connectivity index (χ4n) is 4.66. The first-order valence-electron chi connectivity index (χ1n) is 10.9. The fraction of sp³-hybridized carbons (Fsp3) is 0.276. The van der Waals surface area contributed by atoms with Crippen LogP contribution in [0.4, 0.5) is 0 Å². The number of aryl methyl sites for hydroxylation is 1. The number of hydrogen-bond acceptors (Lipinski definition) is 0. The van der Waals surface area contributed by atoms with Crippen LogP contribution in [0, 0.1) is 12.3 Å². The van der Waals surface area contributed by atoms with Crippen molar-refractivity contribution in [2.24, 2.45) is 5.41 Å². The summed E-state index contributed by atoms with van der Waals surface area (Å²) in [4.78, 5) is 0. The molecule has 0 saturated carbocycles. The van der Waals surface area contributed by atoms with Gasteiger partial charge in [-0.05, 0) is 0 Å². The molecular formula is C29H32Cl2Ti. The number of hydrogen-bond donors (Lipinski definition) is 0. The summed E-state index contributed by atoms with van der Waals surface area (Å²) in [6, 6.07) is 22.3. The van der Waals surface area contributed by atoms with Gasteiger partial charge in [0.05, 0.1) is 0 Å². The molecule has 4 rings (SSSR count). The van der Waals surface area contributed by atoms with E-state index in [9.17, 15) is 0 Å². The van der Waals surface area contributed by atoms with Crippen LogP contribution in [-0.2, 0) is 17.4 Å². The Morgan fingerprint density at radius 2 is 1.41 bits per heavy atom. The van der Waals surface area contributed by atoms with Gasteiger partial charge in [-0.25, -0.2) is 0 Å². The molecule has 0 radical (unpaired) electrons. The first-order valence-corrected chi connectivity index (χ1v) is 13.3. The van der Waals surface area contributed by atoms with E-state index in [4.69, 9.17) is 0 Å². The Balaban J connectivity index is 0.00000181. The average molecular weight is 499 g/mol. The molecule has 32 heavy (non-hydrogen) atoms. The van der Waals surface area contributed by atoms with Crippen LogP contribution in [0.3, 0.4) is 0 Å². The van der Waals surface area contributed by atoms with Crippen molar-refractivity contribution in [2.45, 2.75) is 48.0 Å². The molecular weight excluding hydrogens is 467 g/mol. The van der Waals surface area contributed by atoms with Crippen molar-refractivity contribution in [1.82, 2.24) is 0 Å². The maximum absolute atomic E-state index is 2.54. The SMILES string of the molecule is C[C](C)=[Ti+2]([C]1=CC(C(C)(C)C)=CC1)[c]1c(C)cc2c(-c3ccccc3)ccccc1-2.[Cl-].[Cl-]. The number of halogens is 2. The Morgan fingerprint density at radius 3 is 1.97 bits per heavy atom. The van der Waals surface area contributed by atoms with Crippen molar-refractivity contribution in [2.75, 3.05) is 0 Å². The van der Waals surface area contributed by atoms with Gasteiger partial charge in [0, 0.05) is 0 Å². The Kier molecular flexibility index (Phi) is 8.93. The van der Waals surface area contributed by atoms with Crippen molar-refractivity contribution in [3.8, 4) is 22.3 Å². The quantitative estimate of drug-likeness (QED) is 0.480. The molecule has 0 amide bonds. The Morgan fingerprint density at radius 1 is 0.812 bits per heavy atom. The third-order valence-corrected chi connectivity index (χ3v) is 11.1. The van der Waals surface area contributed by atoms with Gasteiger partial charge in [0.15, 0.2) is 0 Å². The van der Waals surface area contributed by atoms with Crippen LogP contribution in [0.1, 0.15) is 46.6 Å². The van der Waals surface area contributed by atoms with E-state index in [2.05, 4.69) is 114 Å². The monoisotopic (exact) mass is 498 g/mol. The zero-order valence-corrected chi connectivity index (χ0v) is 23.0. The maximum atomic E-state index is 2.54. The van der Waals surface area contributed by atoms with Gasteiger partial charge >= 0.3 is 189 Å². The molecule has 0 unspecified atom stereocenters. The summed E-state index contributed by atoms with van der Waals surface area (Å²) >= 11 is -1.74. The van der Waals surface area contributed by atoms with Crippen molar-refractivity contribution in [3.05, 3.63) is 87.8 Å². The van der Waals surface area contributed by atoms with Crippen molar-refractivity contribution in [1.29, 1.82) is 0 Å². The summed E-state index contributed by atoms with van der Waals surface area (Å²) in [5, 5.41) is 0. The van der Waals surface area contributed by atoms with E-state index in [0.717, 1.165) is 6.42 Å². The summed E-state index contributed by atoms with van der Waals surface area (Å²) in [5.74, 6) is 0. The molecule has 0 aromatic heterocycles. The summed E-state index contributed by atoms with van der Waals surface area (Å²) < 4.78 is 4.98. The molecule has 1 aromatic rings. The average Bonchev–Trinajstić information content (AvgIpc) is 3.23. The molecule has 0 aliphatic heterocycles. The predicted octanol–water partition coefficient (Wildman–Crippen LogP) is 1.49. The second kappa shape index (κ2) is 10.7. The minimum Gasteiger partial charge on any atom is -1.00 e. The molecule has 0 spiro atoms. The third-order valence-electron chi connectivity index (χ3n) is 6.14. The summed E-state index contributed by atoms with van der Waals surface area (Å²) in [6.45, 7) is 14.0. The van der Waals surface area contributed by atoms with Gasteiger partial charge in [-0.15, -0.1) is 0 Å². The van der Waals surface area contributed by atoms with Crippen LogP contribution >= 0.6 is 0 Å². The molecule has 3 heteroatoms. The second-order valence-electron chi connectivity index (χ2n) is 9.69. The summed E-state index contributed by atoms with van der Waals surface area (Å²) in [5.41, 5.74) is 8.69. The Bertz CT molecular complexity index is 1160. The number of fused-ring (bicyclic) bond motifs is 1. The molecule has 0 nitrogen and oxygen atoms in total. The zero-order chi connectivity index (χ0) is 21.5. The van der Waals surface area contributed by atoms with Gasteiger partial charge in [0.2, 0.25) is 0 Å². The van der Waals surface area contributed by atoms with Gasteiger partial charge < -0.3 is 24.8 Å². The molecule has 3 aliphatic carbocycles. The zero-order valence-electron chi connectivity index (χ0n) is 19.9. The van der Waals surface area contributed by atoms with E-state index in [-0.39, 0.29) is 30.2 Å². The molecule has 1 aromatic carbocycles. The van der Waals surface area contributed by atoms with Crippen molar-refractivity contribution < 1.29 is 42.2 Å². The van der Waals surface area contributed by atoms with E-state index >= 15 is 0 Å². The van der Waals surface area contributed by atoms with Crippen LogP contribution in [0.2, 0.25) is 0 Å². The standard InChI is InChI=1S/C17H13.C9H13.C3H6.2ClH.Ti/c1-13-11-15-9-5-6-10-16(17(15)12-13)14-7-3-2-4-8-14;1-9(2,3)8-6-4-5-7-8;1-3-2;;;/h2-10,12H,1H3;6-7H,4H2,1-3H3;1-2H3;2*1H;/q;;;;;+2/p-2. The van der Waals surface area contributed by atoms with Crippen LogP contribution in [0.15, 0.2) is 82.3 Å². The minimum atomic E-state index is -1.74. The maximum Gasteiger partial charge on any atom is -1.00 e. The molecule has 0 saturated heterocycles. The number of rotatable bonds is 3. The smallest absolute Gasteiger partial charge is 1.00 e. The van der Waals surface area contributed by atoms with Gasteiger partial charge in [0.1, 0.15) is 0 Å². The van der Waals surface area contributed by atoms with Gasteiger partial charge in [0.25, 0.3) is 0 Å². The number of benzene rings is 1. The Hall–Kier alpha value is -1.44. The predicted molar refractivity (Wildman–Crippen MR) is 129 cm³/mol. The first-order chi connectivity index (χ1) is 14.3. The summed E-state index contributed by atoms with van der Waals surface area (Å²) in [7, 11) is 0. The van der Waals surface area contributed by atoms with Gasteiger partial charge in [-0.1, -0.05) is 0 Å². The molecule has 0 atom stereocenters. The normalized spacial score (nSPS) is 12.8. The van der Waals surface area contributed by atoms with Crippen LogP contribution in [-0.4, -0.2) is 3.81 Å². The molecule has 3 aliphatic rings. The molecule has 0 fully saturated rings. The van der Waals surface area contributed by atoms with E-state index in [1.807, 2.05) is 0 Å². The minimum absolute atomic E-state index is 0. The van der Waals surface area contributed by atoms with Crippen LogP contribution in [0.5, 0.6) is 0 Å². The molecule has 0 heterocycles. The summed E-state index contributed by atoms with van der Waals surface area (Å²) in [6.07, 6.45) is 6.15. The van der Waals surface area contributed by atoms with Crippen molar-refractivity contribution in [3.63, 3.8) is 0 Å². The second-order valence-corrected chi connectivity index (χ2v) is 14.2.